The van der Waals surface area contributed by atoms with Gasteiger partial charge in [0.2, 0.25) is 11.9 Å². The van der Waals surface area contributed by atoms with Crippen LogP contribution in [0.15, 0.2) is 36.5 Å². The highest BCUT2D eigenvalue weighted by Gasteiger charge is 2.36. The molecule has 0 spiro atoms. The molecule has 1 saturated heterocycles. The van der Waals surface area contributed by atoms with E-state index in [2.05, 4.69) is 19.9 Å². The van der Waals surface area contributed by atoms with E-state index in [-0.39, 0.29) is 5.82 Å². The minimum atomic E-state index is -4.47. The van der Waals surface area contributed by atoms with Crippen molar-refractivity contribution in [2.75, 3.05) is 54.0 Å². The van der Waals surface area contributed by atoms with Crippen LogP contribution < -0.4 is 14.7 Å². The molecule has 0 unspecified atom stereocenters. The van der Waals surface area contributed by atoms with Gasteiger partial charge in [0.15, 0.2) is 5.82 Å². The van der Waals surface area contributed by atoms with Crippen molar-refractivity contribution < 1.29 is 13.2 Å². The molecule has 3 aromatic rings. The van der Waals surface area contributed by atoms with Crippen LogP contribution in [0.4, 0.5) is 30.9 Å². The van der Waals surface area contributed by atoms with Gasteiger partial charge in [0.05, 0.1) is 15.6 Å². The zero-order chi connectivity index (χ0) is 27.2. The largest absolute Gasteiger partial charge is 0.419 e. The summed E-state index contributed by atoms with van der Waals surface area (Å²) in [6.45, 7) is 11.0. The standard InChI is InChI=1S/C23H24Cl2F3N7.C2H6/c1-3-33(4-2)21-30-19(15-7-8-17(24)18(25)14-15)31-22(32-21)35-12-10-34(11-13-35)20-16(23(26,27)28)6-5-9-29-20;1-2/h5-9,14H,3-4,10-13H2,1-2H3;1-2H3. The first-order valence-corrected chi connectivity index (χ1v) is 13.0. The van der Waals surface area contributed by atoms with Crippen molar-refractivity contribution in [3.05, 3.63) is 52.1 Å². The first-order valence-electron chi connectivity index (χ1n) is 12.2. The summed E-state index contributed by atoms with van der Waals surface area (Å²) in [7, 11) is 0. The lowest BCUT2D eigenvalue weighted by Gasteiger charge is -2.36. The fourth-order valence-electron chi connectivity index (χ4n) is 3.90. The number of nitrogens with zero attached hydrogens (tertiary/aromatic N) is 7. The van der Waals surface area contributed by atoms with E-state index in [1.54, 1.807) is 23.1 Å². The molecule has 4 rings (SSSR count). The Morgan fingerprint density at radius 2 is 1.54 bits per heavy atom. The zero-order valence-corrected chi connectivity index (χ0v) is 22.7. The second kappa shape index (κ2) is 12.6. The fraction of sp³-hybridized carbons (Fsp3) is 0.440. The SMILES string of the molecule is CC.CCN(CC)c1nc(-c2ccc(Cl)c(Cl)c2)nc(N2CCN(c3ncccc3C(F)(F)F)CC2)n1. The highest BCUT2D eigenvalue weighted by Crippen LogP contribution is 2.35. The van der Waals surface area contributed by atoms with Gasteiger partial charge in [-0.1, -0.05) is 37.0 Å². The monoisotopic (exact) mass is 555 g/mol. The number of benzene rings is 1. The number of aromatic nitrogens is 4. The fourth-order valence-corrected chi connectivity index (χ4v) is 4.19. The van der Waals surface area contributed by atoms with E-state index in [1.807, 2.05) is 37.5 Å². The zero-order valence-electron chi connectivity index (χ0n) is 21.2. The number of alkyl halides is 3. The highest BCUT2D eigenvalue weighted by molar-refractivity contribution is 6.42. The Morgan fingerprint density at radius 3 is 2.14 bits per heavy atom. The molecule has 0 aliphatic carbocycles. The number of halogens is 5. The minimum absolute atomic E-state index is 0.0596. The summed E-state index contributed by atoms with van der Waals surface area (Å²) in [6.07, 6.45) is -3.09. The molecule has 200 valence electrons. The lowest BCUT2D eigenvalue weighted by Crippen LogP contribution is -2.48. The van der Waals surface area contributed by atoms with Crippen molar-refractivity contribution in [2.45, 2.75) is 33.9 Å². The Kier molecular flexibility index (Phi) is 9.78. The van der Waals surface area contributed by atoms with Gasteiger partial charge in [0.1, 0.15) is 5.82 Å². The molecule has 12 heteroatoms. The molecule has 1 aromatic carbocycles. The van der Waals surface area contributed by atoms with Gasteiger partial charge in [-0.3, -0.25) is 0 Å². The quantitative estimate of drug-likeness (QED) is 0.346. The third-order valence-electron chi connectivity index (χ3n) is 5.79. The number of pyridine rings is 1. The van der Waals surface area contributed by atoms with E-state index in [0.717, 1.165) is 6.07 Å². The molecule has 2 aromatic heterocycles. The predicted molar refractivity (Wildman–Crippen MR) is 144 cm³/mol. The van der Waals surface area contributed by atoms with Crippen LogP contribution in [0.1, 0.15) is 33.3 Å². The molecule has 0 N–H and O–H groups in total. The molecule has 0 radical (unpaired) electrons. The van der Waals surface area contributed by atoms with Gasteiger partial charge < -0.3 is 14.7 Å². The molecule has 0 saturated carbocycles. The van der Waals surface area contributed by atoms with Crippen LogP contribution in [0.5, 0.6) is 0 Å². The maximum atomic E-state index is 13.5. The smallest absolute Gasteiger partial charge is 0.353 e. The first-order chi connectivity index (χ1) is 17.7. The van der Waals surface area contributed by atoms with E-state index < -0.39 is 11.7 Å². The van der Waals surface area contributed by atoms with Gasteiger partial charge in [-0.2, -0.15) is 28.1 Å². The molecule has 1 fully saturated rings. The average molecular weight is 556 g/mol. The summed E-state index contributed by atoms with van der Waals surface area (Å²) >= 11 is 12.3. The summed E-state index contributed by atoms with van der Waals surface area (Å²) in [4.78, 5) is 23.6. The molecule has 7 nitrogen and oxygen atoms in total. The molecule has 37 heavy (non-hydrogen) atoms. The summed E-state index contributed by atoms with van der Waals surface area (Å²) < 4.78 is 40.4. The normalized spacial score (nSPS) is 13.8. The van der Waals surface area contributed by atoms with Crippen LogP contribution in [0.25, 0.3) is 11.4 Å². The van der Waals surface area contributed by atoms with Gasteiger partial charge >= 0.3 is 6.18 Å². The molecule has 1 aliphatic heterocycles. The Labute approximate surface area is 225 Å². The van der Waals surface area contributed by atoms with Crippen molar-refractivity contribution in [2.24, 2.45) is 0 Å². The second-order valence-corrected chi connectivity index (χ2v) is 8.72. The van der Waals surface area contributed by atoms with E-state index >= 15 is 0 Å². The predicted octanol–water partition coefficient (Wildman–Crippen LogP) is 6.46. The van der Waals surface area contributed by atoms with Crippen LogP contribution in [-0.4, -0.2) is 59.2 Å². The lowest BCUT2D eigenvalue weighted by molar-refractivity contribution is -0.137. The van der Waals surface area contributed by atoms with Gasteiger partial charge in [-0.25, -0.2) is 4.98 Å². The maximum absolute atomic E-state index is 13.5. The number of anilines is 3. The molecule has 3 heterocycles. The molecular weight excluding hydrogens is 526 g/mol. The summed E-state index contributed by atoms with van der Waals surface area (Å²) in [6, 6.07) is 7.53. The summed E-state index contributed by atoms with van der Waals surface area (Å²) in [5.41, 5.74) is -0.0438. The Hall–Kier alpha value is -2.85. The van der Waals surface area contributed by atoms with Crippen molar-refractivity contribution in [3.8, 4) is 11.4 Å². The van der Waals surface area contributed by atoms with Crippen LogP contribution in [0.3, 0.4) is 0 Å². The Balaban J connectivity index is 0.00000186. The van der Waals surface area contributed by atoms with Crippen LogP contribution in [0.2, 0.25) is 10.0 Å². The molecular formula is C25H30Cl2F3N7. The van der Waals surface area contributed by atoms with Gasteiger partial charge in [0.25, 0.3) is 0 Å². The van der Waals surface area contributed by atoms with Gasteiger partial charge in [0, 0.05) is 51.0 Å². The number of piperazine rings is 1. The summed E-state index contributed by atoms with van der Waals surface area (Å²) in [5, 5.41) is 0.817. The van der Waals surface area contributed by atoms with Crippen molar-refractivity contribution in [3.63, 3.8) is 0 Å². The van der Waals surface area contributed by atoms with Crippen LogP contribution >= 0.6 is 23.2 Å². The Bertz CT molecular complexity index is 1180. The number of rotatable bonds is 6. The third kappa shape index (κ3) is 6.73. The van der Waals surface area contributed by atoms with E-state index in [1.165, 1.54) is 12.3 Å². The molecule has 1 aliphatic rings. The van der Waals surface area contributed by atoms with Gasteiger partial charge in [-0.05, 0) is 44.2 Å². The second-order valence-electron chi connectivity index (χ2n) is 7.91. The first kappa shape index (κ1) is 28.7. The molecule has 0 amide bonds. The third-order valence-corrected chi connectivity index (χ3v) is 6.53. The van der Waals surface area contributed by atoms with Crippen molar-refractivity contribution in [1.82, 2.24) is 19.9 Å². The summed E-state index contributed by atoms with van der Waals surface area (Å²) in [5.74, 6) is 1.37. The van der Waals surface area contributed by atoms with Crippen molar-refractivity contribution in [1.29, 1.82) is 0 Å². The minimum Gasteiger partial charge on any atom is -0.353 e. The molecule has 0 bridgehead atoms. The molecule has 0 atom stereocenters. The highest BCUT2D eigenvalue weighted by atomic mass is 35.5. The van der Waals surface area contributed by atoms with Crippen LogP contribution in [-0.2, 0) is 6.18 Å². The lowest BCUT2D eigenvalue weighted by atomic mass is 10.2. The Morgan fingerprint density at radius 1 is 0.892 bits per heavy atom. The van der Waals surface area contributed by atoms with E-state index in [9.17, 15) is 13.2 Å². The van der Waals surface area contributed by atoms with E-state index in [0.29, 0.717) is 72.6 Å². The topological polar surface area (TPSA) is 61.3 Å². The number of hydrogen-bond acceptors (Lipinski definition) is 7. The van der Waals surface area contributed by atoms with Gasteiger partial charge in [-0.15, -0.1) is 0 Å². The van der Waals surface area contributed by atoms with Crippen LogP contribution in [0, 0.1) is 0 Å². The van der Waals surface area contributed by atoms with E-state index in [4.69, 9.17) is 23.2 Å². The van der Waals surface area contributed by atoms with Crippen molar-refractivity contribution >= 4 is 40.9 Å². The maximum Gasteiger partial charge on any atom is 0.419 e. The average Bonchev–Trinajstić information content (AvgIpc) is 2.91. The number of hydrogen-bond donors (Lipinski definition) is 0.